The van der Waals surface area contributed by atoms with Crippen molar-refractivity contribution in [1.29, 1.82) is 5.41 Å². The first kappa shape index (κ1) is 14.7. The van der Waals surface area contributed by atoms with Gasteiger partial charge in [-0.1, -0.05) is 64.6 Å². The molecule has 0 aliphatic heterocycles. The van der Waals surface area contributed by atoms with Crippen molar-refractivity contribution in [3.05, 3.63) is 40.9 Å². The molecule has 0 aromatic heterocycles. The Hall–Kier alpha value is -0.410. The number of benzene rings is 1. The van der Waals surface area contributed by atoms with E-state index >= 15 is 0 Å². The molecule has 0 saturated carbocycles. The Bertz CT molecular complexity index is 408. The highest BCUT2D eigenvalue weighted by Gasteiger charge is 2.28. The van der Waals surface area contributed by atoms with E-state index in [1.54, 1.807) is 18.2 Å². The van der Waals surface area contributed by atoms with Crippen molar-refractivity contribution in [2.24, 2.45) is 0 Å². The number of rotatable bonds is 3. The first-order valence-electron chi connectivity index (χ1n) is 4.60. The van der Waals surface area contributed by atoms with E-state index in [2.05, 4.69) is 0 Å². The molecule has 1 rings (SSSR count). The Morgan fingerprint density at radius 3 is 2.35 bits per heavy atom. The molecule has 92 valence electrons. The van der Waals surface area contributed by atoms with Gasteiger partial charge in [-0.3, -0.25) is 5.41 Å². The zero-order valence-corrected chi connectivity index (χ0v) is 11.6. The maximum Gasteiger partial charge on any atom is 0.265 e. The van der Waals surface area contributed by atoms with Crippen LogP contribution in [0.15, 0.2) is 30.3 Å². The lowest BCUT2D eigenvalue weighted by molar-refractivity contribution is 0.341. The Labute approximate surface area is 120 Å². The zero-order chi connectivity index (χ0) is 12.9. The lowest BCUT2D eigenvalue weighted by Gasteiger charge is -2.11. The minimum absolute atomic E-state index is 0.162. The third kappa shape index (κ3) is 5.64. The van der Waals surface area contributed by atoms with Crippen molar-refractivity contribution < 1.29 is 4.74 Å². The van der Waals surface area contributed by atoms with Crippen LogP contribution in [0.25, 0.3) is 6.08 Å². The highest BCUT2D eigenvalue weighted by Crippen LogP contribution is 2.27. The molecule has 0 radical (unpaired) electrons. The fourth-order valence-electron chi connectivity index (χ4n) is 0.971. The van der Waals surface area contributed by atoms with Gasteiger partial charge in [0.1, 0.15) is 6.61 Å². The van der Waals surface area contributed by atoms with Gasteiger partial charge in [0, 0.05) is 5.02 Å². The van der Waals surface area contributed by atoms with Crippen LogP contribution in [0.4, 0.5) is 0 Å². The van der Waals surface area contributed by atoms with Crippen LogP contribution in [0.1, 0.15) is 5.56 Å². The molecule has 0 aliphatic rings. The molecule has 0 aliphatic carbocycles. The van der Waals surface area contributed by atoms with Gasteiger partial charge >= 0.3 is 0 Å². The predicted octanol–water partition coefficient (Wildman–Crippen LogP) is 4.72. The first-order valence-corrected chi connectivity index (χ1v) is 6.11. The minimum Gasteiger partial charge on any atom is -0.474 e. The topological polar surface area (TPSA) is 33.1 Å². The van der Waals surface area contributed by atoms with Gasteiger partial charge < -0.3 is 4.74 Å². The summed E-state index contributed by atoms with van der Waals surface area (Å²) >= 11 is 22.1. The van der Waals surface area contributed by atoms with E-state index < -0.39 is 9.69 Å². The molecular weight excluding hydrogens is 304 g/mol. The SMILES string of the molecule is N=C(OCC=Cc1ccc(Cl)cc1)C(Cl)(Cl)Cl. The summed E-state index contributed by atoms with van der Waals surface area (Å²) in [6.07, 6.45) is 3.54. The van der Waals surface area contributed by atoms with Crippen molar-refractivity contribution in [3.63, 3.8) is 0 Å². The Balaban J connectivity index is 2.41. The van der Waals surface area contributed by atoms with Gasteiger partial charge in [-0.25, -0.2) is 0 Å². The molecule has 17 heavy (non-hydrogen) atoms. The third-order valence-electron chi connectivity index (χ3n) is 1.76. The molecule has 0 fully saturated rings. The molecule has 0 atom stereocenters. The molecule has 1 aromatic carbocycles. The van der Waals surface area contributed by atoms with E-state index in [1.807, 2.05) is 18.2 Å². The highest BCUT2D eigenvalue weighted by molar-refractivity contribution is 6.76. The predicted molar refractivity (Wildman–Crippen MR) is 74.5 cm³/mol. The first-order chi connectivity index (χ1) is 7.89. The Kier molecular flexibility index (Phi) is 5.60. The van der Waals surface area contributed by atoms with E-state index in [0.29, 0.717) is 5.02 Å². The third-order valence-corrected chi connectivity index (χ3v) is 2.53. The lowest BCUT2D eigenvalue weighted by atomic mass is 10.2. The fourth-order valence-corrected chi connectivity index (χ4v) is 1.26. The van der Waals surface area contributed by atoms with Gasteiger partial charge in [-0.05, 0) is 23.8 Å². The summed E-state index contributed by atoms with van der Waals surface area (Å²) in [6, 6.07) is 7.29. The van der Waals surface area contributed by atoms with Gasteiger partial charge in [-0.15, -0.1) is 0 Å². The van der Waals surface area contributed by atoms with Gasteiger partial charge in [0.15, 0.2) is 0 Å². The Morgan fingerprint density at radius 2 is 1.82 bits per heavy atom. The van der Waals surface area contributed by atoms with E-state index in [1.165, 1.54) is 0 Å². The summed E-state index contributed by atoms with van der Waals surface area (Å²) in [7, 11) is 0. The Morgan fingerprint density at radius 1 is 1.24 bits per heavy atom. The molecule has 0 amide bonds. The smallest absolute Gasteiger partial charge is 0.265 e. The van der Waals surface area contributed by atoms with Crippen molar-refractivity contribution in [3.8, 4) is 0 Å². The molecule has 6 heteroatoms. The standard InChI is InChI=1S/C11H9Cl4NO/c12-9-5-3-8(4-6-9)2-1-7-17-10(16)11(13,14)15/h1-6,16H,7H2. The van der Waals surface area contributed by atoms with Crippen molar-refractivity contribution in [2.45, 2.75) is 3.79 Å². The average molecular weight is 313 g/mol. The van der Waals surface area contributed by atoms with Crippen molar-refractivity contribution in [1.82, 2.24) is 0 Å². The summed E-state index contributed by atoms with van der Waals surface area (Å²) in [6.45, 7) is 0.162. The number of nitrogens with one attached hydrogen (secondary N) is 1. The summed E-state index contributed by atoms with van der Waals surface area (Å²) < 4.78 is 3.12. The number of ether oxygens (including phenoxy) is 1. The van der Waals surface area contributed by atoms with Crippen molar-refractivity contribution >= 4 is 58.4 Å². The average Bonchev–Trinajstić information content (AvgIpc) is 2.25. The van der Waals surface area contributed by atoms with Gasteiger partial charge in [0.25, 0.3) is 3.79 Å². The number of halogens is 4. The number of alkyl halides is 3. The maximum atomic E-state index is 7.28. The van der Waals surface area contributed by atoms with Crippen LogP contribution >= 0.6 is 46.4 Å². The second kappa shape index (κ2) is 6.50. The minimum atomic E-state index is -1.81. The molecule has 0 spiro atoms. The van der Waals surface area contributed by atoms with Gasteiger partial charge in [0.2, 0.25) is 5.90 Å². The summed E-state index contributed by atoms with van der Waals surface area (Å²) in [5.74, 6) is -0.400. The lowest BCUT2D eigenvalue weighted by Crippen LogP contribution is -2.21. The monoisotopic (exact) mass is 311 g/mol. The molecule has 0 bridgehead atoms. The summed E-state index contributed by atoms with van der Waals surface area (Å²) in [5.41, 5.74) is 0.971. The molecule has 2 nitrogen and oxygen atoms in total. The number of hydrogen-bond acceptors (Lipinski definition) is 2. The van der Waals surface area contributed by atoms with Crippen LogP contribution in [0.3, 0.4) is 0 Å². The summed E-state index contributed by atoms with van der Waals surface area (Å²) in [5, 5.41) is 7.96. The molecule has 0 unspecified atom stereocenters. The van der Waals surface area contributed by atoms with E-state index in [4.69, 9.17) is 56.5 Å². The second-order valence-electron chi connectivity index (χ2n) is 3.09. The largest absolute Gasteiger partial charge is 0.474 e. The molecule has 0 saturated heterocycles. The molecule has 1 N–H and O–H groups in total. The maximum absolute atomic E-state index is 7.28. The van der Waals surface area contributed by atoms with Crippen LogP contribution < -0.4 is 0 Å². The van der Waals surface area contributed by atoms with E-state index in [9.17, 15) is 0 Å². The van der Waals surface area contributed by atoms with Crippen LogP contribution in [0.5, 0.6) is 0 Å². The van der Waals surface area contributed by atoms with Crippen molar-refractivity contribution in [2.75, 3.05) is 6.61 Å². The van der Waals surface area contributed by atoms with Gasteiger partial charge in [0.05, 0.1) is 0 Å². The van der Waals surface area contributed by atoms with Crippen LogP contribution in [0.2, 0.25) is 5.02 Å². The normalized spacial score (nSPS) is 11.8. The molecular formula is C11H9Cl4NO. The van der Waals surface area contributed by atoms with Crippen LogP contribution in [-0.2, 0) is 4.74 Å². The van der Waals surface area contributed by atoms with E-state index in [-0.39, 0.29) is 6.61 Å². The summed E-state index contributed by atoms with van der Waals surface area (Å²) in [4.78, 5) is 0. The second-order valence-corrected chi connectivity index (χ2v) is 5.81. The highest BCUT2D eigenvalue weighted by atomic mass is 35.6. The van der Waals surface area contributed by atoms with E-state index in [0.717, 1.165) is 5.56 Å². The zero-order valence-electron chi connectivity index (χ0n) is 8.59. The fraction of sp³-hybridized carbons (Fsp3) is 0.182. The molecule has 0 heterocycles. The quantitative estimate of drug-likeness (QED) is 0.489. The van der Waals surface area contributed by atoms with Crippen LogP contribution in [-0.4, -0.2) is 16.3 Å². The van der Waals surface area contributed by atoms with Crippen LogP contribution in [0, 0.1) is 5.41 Å². The number of hydrogen-bond donors (Lipinski definition) is 1. The molecule has 1 aromatic rings. The van der Waals surface area contributed by atoms with Gasteiger partial charge in [-0.2, -0.15) is 0 Å².